The van der Waals surface area contributed by atoms with E-state index in [1.54, 1.807) is 0 Å². The minimum Gasteiger partial charge on any atom is -0.489 e. The Bertz CT molecular complexity index is 1180. The van der Waals surface area contributed by atoms with Gasteiger partial charge in [-0.2, -0.15) is 0 Å². The van der Waals surface area contributed by atoms with Crippen LogP contribution in [0.1, 0.15) is 38.6 Å². The third-order valence-corrected chi connectivity index (χ3v) is 4.89. The van der Waals surface area contributed by atoms with Crippen LogP contribution in [0, 0.1) is 13.8 Å². The molecule has 0 spiro atoms. The Labute approximate surface area is 168 Å². The summed E-state index contributed by atoms with van der Waals surface area (Å²) in [5.41, 5.74) is 10.2. The molecule has 0 fully saturated rings. The molecule has 0 radical (unpaired) electrons. The van der Waals surface area contributed by atoms with E-state index in [0.29, 0.717) is 18.7 Å². The monoisotopic (exact) mass is 387 g/mol. The summed E-state index contributed by atoms with van der Waals surface area (Å²) in [4.78, 5) is 16.4. The van der Waals surface area contributed by atoms with Crippen molar-refractivity contribution in [1.29, 1.82) is 0 Å². The van der Waals surface area contributed by atoms with Crippen LogP contribution in [0.3, 0.4) is 0 Å². The maximum absolute atomic E-state index is 11.9. The van der Waals surface area contributed by atoms with E-state index in [4.69, 9.17) is 15.0 Å². The minimum absolute atomic E-state index is 0.297. The highest BCUT2D eigenvalue weighted by Crippen LogP contribution is 2.23. The lowest BCUT2D eigenvalue weighted by molar-refractivity contribution is 0.0995. The molecule has 0 saturated heterocycles. The van der Waals surface area contributed by atoms with Crippen LogP contribution in [0.4, 0.5) is 0 Å². The number of primary amides is 1. The summed E-state index contributed by atoms with van der Waals surface area (Å²) in [7, 11) is 0. The zero-order valence-corrected chi connectivity index (χ0v) is 16.3. The predicted octanol–water partition coefficient (Wildman–Crippen LogP) is 4.11. The van der Waals surface area contributed by atoms with Gasteiger partial charge in [0.1, 0.15) is 23.8 Å². The van der Waals surface area contributed by atoms with Crippen molar-refractivity contribution in [3.63, 3.8) is 0 Å². The van der Waals surface area contributed by atoms with Gasteiger partial charge in [-0.1, -0.05) is 35.5 Å². The standard InChI is InChI=1S/C23H21N3O3/c1-14-20(15(2)29-26-14)13-28-19-8-5-6-16(11-19)10-18-12-17-7-3-4-9-21(17)25-22(18)23(24)27/h3-9,11-12H,10,13H2,1-2H3,(H2,24,27). The van der Waals surface area contributed by atoms with Crippen molar-refractivity contribution < 1.29 is 14.1 Å². The number of fused-ring (bicyclic) bond motifs is 1. The van der Waals surface area contributed by atoms with Crippen molar-refractivity contribution in [2.24, 2.45) is 5.73 Å². The molecule has 146 valence electrons. The molecule has 6 heteroatoms. The molecule has 0 atom stereocenters. The van der Waals surface area contributed by atoms with E-state index in [1.807, 2.05) is 68.4 Å². The number of hydrogen-bond donors (Lipinski definition) is 1. The van der Waals surface area contributed by atoms with Gasteiger partial charge in [0.25, 0.3) is 5.91 Å². The number of aromatic nitrogens is 2. The number of benzene rings is 2. The summed E-state index contributed by atoms with van der Waals surface area (Å²) in [6, 6.07) is 17.4. The number of carbonyl (C=O) groups is 1. The van der Waals surface area contributed by atoms with E-state index in [9.17, 15) is 4.79 Å². The Morgan fingerprint density at radius 2 is 1.93 bits per heavy atom. The van der Waals surface area contributed by atoms with E-state index < -0.39 is 5.91 Å². The van der Waals surface area contributed by atoms with E-state index in [2.05, 4.69) is 10.1 Å². The van der Waals surface area contributed by atoms with Gasteiger partial charge in [-0.3, -0.25) is 4.79 Å². The molecule has 0 aliphatic heterocycles. The first kappa shape index (κ1) is 18.7. The SMILES string of the molecule is Cc1noc(C)c1COc1cccc(Cc2cc3ccccc3nc2C(N)=O)c1. The zero-order chi connectivity index (χ0) is 20.4. The largest absolute Gasteiger partial charge is 0.489 e. The average Bonchev–Trinajstić information content (AvgIpc) is 3.03. The molecule has 0 unspecified atom stereocenters. The molecule has 4 aromatic rings. The lowest BCUT2D eigenvalue weighted by Crippen LogP contribution is -2.16. The Balaban J connectivity index is 1.59. The van der Waals surface area contributed by atoms with E-state index in [1.165, 1.54) is 0 Å². The van der Waals surface area contributed by atoms with Gasteiger partial charge >= 0.3 is 0 Å². The van der Waals surface area contributed by atoms with Crippen LogP contribution in [0.2, 0.25) is 0 Å². The number of aryl methyl sites for hydroxylation is 2. The Morgan fingerprint density at radius 3 is 2.69 bits per heavy atom. The fourth-order valence-corrected chi connectivity index (χ4v) is 3.34. The number of carbonyl (C=O) groups excluding carboxylic acids is 1. The molecule has 29 heavy (non-hydrogen) atoms. The second-order valence-corrected chi connectivity index (χ2v) is 6.97. The summed E-state index contributed by atoms with van der Waals surface area (Å²) in [6.07, 6.45) is 0.526. The van der Waals surface area contributed by atoms with Crippen LogP contribution in [0.25, 0.3) is 10.9 Å². The highest BCUT2D eigenvalue weighted by Gasteiger charge is 2.13. The van der Waals surface area contributed by atoms with Gasteiger partial charge in [0.05, 0.1) is 16.8 Å². The van der Waals surface area contributed by atoms with Gasteiger partial charge in [-0.25, -0.2) is 4.98 Å². The van der Waals surface area contributed by atoms with Crippen molar-refractivity contribution in [1.82, 2.24) is 10.1 Å². The fraction of sp³-hybridized carbons (Fsp3) is 0.174. The molecule has 0 aliphatic carbocycles. The Hall–Kier alpha value is -3.67. The molecule has 2 aromatic heterocycles. The highest BCUT2D eigenvalue weighted by molar-refractivity contribution is 5.95. The van der Waals surface area contributed by atoms with Gasteiger partial charge in [-0.05, 0) is 55.7 Å². The average molecular weight is 387 g/mol. The lowest BCUT2D eigenvalue weighted by Gasteiger charge is -2.11. The van der Waals surface area contributed by atoms with Crippen LogP contribution in [-0.4, -0.2) is 16.0 Å². The maximum atomic E-state index is 11.9. The summed E-state index contributed by atoms with van der Waals surface area (Å²) in [5, 5.41) is 4.92. The number of pyridine rings is 1. The first-order valence-corrected chi connectivity index (χ1v) is 9.33. The number of ether oxygens (including phenoxy) is 1. The number of nitrogens with zero attached hydrogens (tertiary/aromatic N) is 2. The Kier molecular flexibility index (Phi) is 4.99. The van der Waals surface area contributed by atoms with Gasteiger partial charge in [0.2, 0.25) is 0 Å². The van der Waals surface area contributed by atoms with Gasteiger partial charge in [0.15, 0.2) is 0 Å². The molecule has 2 heterocycles. The van der Waals surface area contributed by atoms with E-state index in [0.717, 1.165) is 44.8 Å². The maximum Gasteiger partial charge on any atom is 0.267 e. The molecular formula is C23H21N3O3. The van der Waals surface area contributed by atoms with Gasteiger partial charge < -0.3 is 15.0 Å². The topological polar surface area (TPSA) is 91.2 Å². The fourth-order valence-electron chi connectivity index (χ4n) is 3.34. The summed E-state index contributed by atoms with van der Waals surface area (Å²) >= 11 is 0. The molecule has 2 aromatic carbocycles. The molecular weight excluding hydrogens is 366 g/mol. The van der Waals surface area contributed by atoms with Crippen LogP contribution < -0.4 is 10.5 Å². The molecule has 0 saturated carbocycles. The van der Waals surface area contributed by atoms with Crippen LogP contribution in [-0.2, 0) is 13.0 Å². The third kappa shape index (κ3) is 3.96. The number of nitrogens with two attached hydrogens (primary N) is 1. The molecule has 0 aliphatic rings. The highest BCUT2D eigenvalue weighted by atomic mass is 16.5. The molecule has 2 N–H and O–H groups in total. The normalized spacial score (nSPS) is 11.0. The van der Waals surface area contributed by atoms with Crippen LogP contribution >= 0.6 is 0 Å². The summed E-state index contributed by atoms with van der Waals surface area (Å²) in [5.74, 6) is 0.959. The van der Waals surface area contributed by atoms with Crippen molar-refractivity contribution in [2.45, 2.75) is 26.9 Å². The number of rotatable bonds is 6. The van der Waals surface area contributed by atoms with Gasteiger partial charge in [-0.15, -0.1) is 0 Å². The Morgan fingerprint density at radius 1 is 1.10 bits per heavy atom. The van der Waals surface area contributed by atoms with E-state index in [-0.39, 0.29) is 0 Å². The smallest absolute Gasteiger partial charge is 0.267 e. The van der Waals surface area contributed by atoms with Crippen molar-refractivity contribution in [3.05, 3.63) is 88.4 Å². The number of hydrogen-bond acceptors (Lipinski definition) is 5. The third-order valence-electron chi connectivity index (χ3n) is 4.89. The molecule has 4 rings (SSSR count). The van der Waals surface area contributed by atoms with Crippen LogP contribution in [0.5, 0.6) is 5.75 Å². The number of amides is 1. The number of para-hydroxylation sites is 1. The van der Waals surface area contributed by atoms with Crippen LogP contribution in [0.15, 0.2) is 59.1 Å². The minimum atomic E-state index is -0.531. The molecule has 1 amide bonds. The second kappa shape index (κ2) is 7.75. The van der Waals surface area contributed by atoms with Crippen molar-refractivity contribution >= 4 is 16.8 Å². The van der Waals surface area contributed by atoms with E-state index >= 15 is 0 Å². The zero-order valence-electron chi connectivity index (χ0n) is 16.3. The molecule has 6 nitrogen and oxygen atoms in total. The first-order chi connectivity index (χ1) is 14.0. The van der Waals surface area contributed by atoms with Crippen molar-refractivity contribution in [3.8, 4) is 5.75 Å². The van der Waals surface area contributed by atoms with Gasteiger partial charge in [0, 0.05) is 5.39 Å². The van der Waals surface area contributed by atoms with Crippen molar-refractivity contribution in [2.75, 3.05) is 0 Å². The quantitative estimate of drug-likeness (QED) is 0.538. The summed E-state index contributed by atoms with van der Waals surface area (Å²) in [6.45, 7) is 4.14. The lowest BCUT2D eigenvalue weighted by atomic mass is 10.0. The summed E-state index contributed by atoms with van der Waals surface area (Å²) < 4.78 is 11.1. The first-order valence-electron chi connectivity index (χ1n) is 9.33. The predicted molar refractivity (Wildman–Crippen MR) is 110 cm³/mol. The second-order valence-electron chi connectivity index (χ2n) is 6.97. The molecule has 0 bridgehead atoms.